The van der Waals surface area contributed by atoms with E-state index in [4.69, 9.17) is 9.47 Å². The van der Waals surface area contributed by atoms with Gasteiger partial charge in [-0.1, -0.05) is 60.2 Å². The Kier molecular flexibility index (Phi) is 9.17. The molecule has 0 amide bonds. The number of carbonyl (C=O) groups excluding carboxylic acids is 4. The molecule has 0 radical (unpaired) electrons. The van der Waals surface area contributed by atoms with Crippen molar-refractivity contribution in [1.29, 1.82) is 0 Å². The van der Waals surface area contributed by atoms with Crippen molar-refractivity contribution in [3.63, 3.8) is 0 Å². The topological polar surface area (TPSA) is 86.7 Å². The van der Waals surface area contributed by atoms with Crippen molar-refractivity contribution >= 4 is 23.1 Å². The molecule has 0 bridgehead atoms. The Labute approximate surface area is 278 Å². The third-order valence-corrected chi connectivity index (χ3v) is 7.78. The second-order valence-electron chi connectivity index (χ2n) is 11.3. The molecule has 0 aliphatic heterocycles. The molecule has 0 aliphatic rings. The minimum absolute atomic E-state index is 0.102. The van der Waals surface area contributed by atoms with Gasteiger partial charge in [0.2, 0.25) is 0 Å². The molecule has 0 fully saturated rings. The monoisotopic (exact) mass is 630 g/mol. The number of ketones is 4. The first-order chi connectivity index (χ1) is 23.2. The highest BCUT2D eigenvalue weighted by Crippen LogP contribution is 2.25. The van der Waals surface area contributed by atoms with Gasteiger partial charge in [0.1, 0.15) is 23.0 Å². The van der Waals surface area contributed by atoms with E-state index in [1.807, 2.05) is 31.2 Å². The third-order valence-electron chi connectivity index (χ3n) is 7.78. The van der Waals surface area contributed by atoms with Crippen LogP contribution in [0, 0.1) is 6.92 Å². The lowest BCUT2D eigenvalue weighted by atomic mass is 9.98. The molecule has 0 aromatic heterocycles. The molecule has 6 aromatic carbocycles. The van der Waals surface area contributed by atoms with Gasteiger partial charge in [0.05, 0.1) is 0 Å². The molecule has 0 heterocycles. The number of hydrogen-bond donors (Lipinski definition) is 0. The zero-order valence-corrected chi connectivity index (χ0v) is 26.3. The van der Waals surface area contributed by atoms with Gasteiger partial charge in [-0.05, 0) is 105 Å². The normalized spacial score (nSPS) is 10.6. The Balaban J connectivity index is 1.05. The summed E-state index contributed by atoms with van der Waals surface area (Å²) < 4.78 is 11.8. The van der Waals surface area contributed by atoms with Crippen LogP contribution in [0.15, 0.2) is 146 Å². The minimum atomic E-state index is -0.191. The van der Waals surface area contributed by atoms with Gasteiger partial charge in [-0.15, -0.1) is 0 Å². The molecular weight excluding hydrogens is 600 g/mol. The lowest BCUT2D eigenvalue weighted by Gasteiger charge is -2.09. The van der Waals surface area contributed by atoms with Crippen LogP contribution in [0.1, 0.15) is 70.6 Å². The summed E-state index contributed by atoms with van der Waals surface area (Å²) in [4.78, 5) is 50.8. The van der Waals surface area contributed by atoms with Gasteiger partial charge in [0.15, 0.2) is 23.1 Å². The summed E-state index contributed by atoms with van der Waals surface area (Å²) in [6.07, 6.45) is 0. The first-order valence-electron chi connectivity index (χ1n) is 15.3. The molecule has 0 unspecified atom stereocenters. The largest absolute Gasteiger partial charge is 0.457 e. The average molecular weight is 631 g/mol. The molecule has 48 heavy (non-hydrogen) atoms. The van der Waals surface area contributed by atoms with Gasteiger partial charge in [-0.25, -0.2) is 0 Å². The second kappa shape index (κ2) is 13.9. The number of rotatable bonds is 11. The van der Waals surface area contributed by atoms with E-state index >= 15 is 0 Å². The second-order valence-corrected chi connectivity index (χ2v) is 11.3. The van der Waals surface area contributed by atoms with Crippen molar-refractivity contribution < 1.29 is 28.7 Å². The quantitative estimate of drug-likeness (QED) is 0.133. The van der Waals surface area contributed by atoms with Crippen LogP contribution >= 0.6 is 0 Å². The van der Waals surface area contributed by atoms with Crippen LogP contribution in [0.25, 0.3) is 0 Å². The van der Waals surface area contributed by atoms with E-state index in [1.165, 1.54) is 6.92 Å². The van der Waals surface area contributed by atoms with E-state index in [2.05, 4.69) is 0 Å². The molecule has 0 N–H and O–H groups in total. The van der Waals surface area contributed by atoms with Gasteiger partial charge in [-0.3, -0.25) is 19.2 Å². The fraction of sp³-hybridized carbons (Fsp3) is 0.0476. The SMILES string of the molecule is CC(=O)c1cccc(C(=O)c2ccc(Oc3ccc(C(=O)c4ccc(C(=O)c5ccc(Oc6ccc(C)cc6)cc5)cc4)cc3)cc2)c1. The molecule has 0 aliphatic carbocycles. The van der Waals surface area contributed by atoms with Crippen molar-refractivity contribution in [3.8, 4) is 23.0 Å². The molecule has 0 spiro atoms. The van der Waals surface area contributed by atoms with E-state index in [1.54, 1.807) is 121 Å². The van der Waals surface area contributed by atoms with Crippen LogP contribution in [0.2, 0.25) is 0 Å². The van der Waals surface area contributed by atoms with E-state index < -0.39 is 0 Å². The zero-order chi connectivity index (χ0) is 33.6. The van der Waals surface area contributed by atoms with Gasteiger partial charge in [0.25, 0.3) is 0 Å². The standard InChI is InChI=1S/C42H30O6/c1-27-6-18-36(19-7-27)47-37-20-12-31(13-21-37)40(44)29-8-10-30(11-9-29)41(45)32-14-22-38(23-15-32)48-39-24-16-33(17-25-39)42(46)35-5-3-4-34(26-35)28(2)43/h3-26H,1-2H3. The molecule has 6 aromatic rings. The van der Waals surface area contributed by atoms with Gasteiger partial charge in [-0.2, -0.15) is 0 Å². The molecule has 0 atom stereocenters. The highest BCUT2D eigenvalue weighted by molar-refractivity contribution is 6.12. The molecule has 234 valence electrons. The first kappa shape index (κ1) is 31.6. The summed E-state index contributed by atoms with van der Waals surface area (Å²) in [7, 11) is 0. The Morgan fingerprint density at radius 2 is 0.667 bits per heavy atom. The minimum Gasteiger partial charge on any atom is -0.457 e. The Morgan fingerprint density at radius 1 is 0.375 bits per heavy atom. The Morgan fingerprint density at radius 3 is 1.02 bits per heavy atom. The fourth-order valence-electron chi connectivity index (χ4n) is 5.05. The van der Waals surface area contributed by atoms with Crippen LogP contribution in [-0.2, 0) is 0 Å². The third kappa shape index (κ3) is 7.35. The summed E-state index contributed by atoms with van der Waals surface area (Å²) in [5, 5.41) is 0. The zero-order valence-electron chi connectivity index (χ0n) is 26.3. The van der Waals surface area contributed by atoms with E-state index in [9.17, 15) is 19.2 Å². The number of benzene rings is 6. The van der Waals surface area contributed by atoms with Gasteiger partial charge in [0, 0.05) is 38.9 Å². The van der Waals surface area contributed by atoms with Crippen molar-refractivity contribution in [2.24, 2.45) is 0 Å². The molecule has 0 saturated heterocycles. The number of aryl methyl sites for hydroxylation is 1. The fourth-order valence-corrected chi connectivity index (χ4v) is 5.05. The summed E-state index contributed by atoms with van der Waals surface area (Å²) in [5.41, 5.74) is 4.45. The molecule has 6 rings (SSSR count). The van der Waals surface area contributed by atoms with Gasteiger partial charge < -0.3 is 9.47 Å². The smallest absolute Gasteiger partial charge is 0.193 e. The highest BCUT2D eigenvalue weighted by Gasteiger charge is 2.14. The van der Waals surface area contributed by atoms with Crippen molar-refractivity contribution in [3.05, 3.63) is 190 Å². The van der Waals surface area contributed by atoms with Crippen molar-refractivity contribution in [1.82, 2.24) is 0 Å². The van der Waals surface area contributed by atoms with Crippen molar-refractivity contribution in [2.75, 3.05) is 0 Å². The summed E-state index contributed by atoms with van der Waals surface area (Å²) in [5.74, 6) is 1.77. The molecule has 6 nitrogen and oxygen atoms in total. The maximum atomic E-state index is 13.2. The number of Topliss-reactive ketones (excluding diaryl/α,β-unsaturated/α-hetero) is 1. The Bertz CT molecular complexity index is 2110. The lowest BCUT2D eigenvalue weighted by Crippen LogP contribution is -2.04. The summed E-state index contributed by atoms with van der Waals surface area (Å²) in [6.45, 7) is 3.47. The summed E-state index contributed by atoms with van der Waals surface area (Å²) >= 11 is 0. The van der Waals surface area contributed by atoms with Crippen LogP contribution in [-0.4, -0.2) is 23.1 Å². The van der Waals surface area contributed by atoms with Crippen LogP contribution in [0.3, 0.4) is 0 Å². The van der Waals surface area contributed by atoms with Crippen LogP contribution in [0.5, 0.6) is 23.0 Å². The maximum absolute atomic E-state index is 13.2. The molecule has 0 saturated carbocycles. The first-order valence-corrected chi connectivity index (χ1v) is 15.3. The van der Waals surface area contributed by atoms with E-state index in [0.29, 0.717) is 56.2 Å². The predicted molar refractivity (Wildman–Crippen MR) is 184 cm³/mol. The maximum Gasteiger partial charge on any atom is 0.193 e. The average Bonchev–Trinajstić information content (AvgIpc) is 3.13. The number of carbonyl (C=O) groups is 4. The van der Waals surface area contributed by atoms with Gasteiger partial charge >= 0.3 is 0 Å². The highest BCUT2D eigenvalue weighted by atomic mass is 16.5. The number of ether oxygens (including phenoxy) is 2. The lowest BCUT2D eigenvalue weighted by molar-refractivity contribution is 0.101. The molecule has 6 heteroatoms. The number of hydrogen-bond acceptors (Lipinski definition) is 6. The van der Waals surface area contributed by atoms with Crippen LogP contribution in [0.4, 0.5) is 0 Å². The Hall–Kier alpha value is -6.40. The van der Waals surface area contributed by atoms with E-state index in [-0.39, 0.29) is 23.1 Å². The molecular formula is C42H30O6. The van der Waals surface area contributed by atoms with E-state index in [0.717, 1.165) is 11.3 Å². The predicted octanol–water partition coefficient (Wildman–Crippen LogP) is 9.48. The van der Waals surface area contributed by atoms with Crippen molar-refractivity contribution in [2.45, 2.75) is 13.8 Å². The summed E-state index contributed by atoms with van der Waals surface area (Å²) in [6, 6.07) is 41.4. The van der Waals surface area contributed by atoms with Crippen LogP contribution < -0.4 is 9.47 Å².